The lowest BCUT2D eigenvalue weighted by molar-refractivity contribution is -0.0979. The summed E-state index contributed by atoms with van der Waals surface area (Å²) in [7, 11) is 0. The van der Waals surface area contributed by atoms with Gasteiger partial charge in [0.25, 0.3) is 0 Å². The number of rotatable bonds is 8. The van der Waals surface area contributed by atoms with Crippen LogP contribution >= 0.6 is 27.7 Å². The number of carbonyl (C=O) groups is 1. The van der Waals surface area contributed by atoms with Crippen LogP contribution in [0.5, 0.6) is 0 Å². The fourth-order valence-corrected chi connectivity index (χ4v) is 2.59. The van der Waals surface area contributed by atoms with Crippen LogP contribution in [-0.2, 0) is 4.79 Å². The normalized spacial score (nSPS) is 10.5. The van der Waals surface area contributed by atoms with Gasteiger partial charge in [-0.3, -0.25) is 4.99 Å². The van der Waals surface area contributed by atoms with Crippen molar-refractivity contribution in [2.45, 2.75) is 45.6 Å². The number of anilines is 1. The number of aliphatic imine (C=N–C) groups is 1. The highest BCUT2D eigenvalue weighted by molar-refractivity contribution is 9.12. The molecule has 26 heavy (non-hydrogen) atoms. The van der Waals surface area contributed by atoms with E-state index in [-0.39, 0.29) is 0 Å². The van der Waals surface area contributed by atoms with Crippen LogP contribution < -0.4 is 4.90 Å². The molecule has 146 valence electrons. The van der Waals surface area contributed by atoms with E-state index in [1.54, 1.807) is 18.0 Å². The zero-order chi connectivity index (χ0) is 20.4. The number of nitrogens with zero attached hydrogens (tertiary/aromatic N) is 3. The SMILES string of the molecule is C=C(C)N=C/C(Br)=C\C.C=O.CCCN(CCC)c1cccnc1SC. The van der Waals surface area contributed by atoms with Crippen LogP contribution in [0.2, 0.25) is 0 Å². The van der Waals surface area contributed by atoms with Crippen LogP contribution in [0.3, 0.4) is 0 Å². The van der Waals surface area contributed by atoms with Crippen LogP contribution in [0.4, 0.5) is 5.69 Å². The molecule has 4 nitrogen and oxygen atoms in total. The minimum absolute atomic E-state index is 0.814. The van der Waals surface area contributed by atoms with Crippen LogP contribution in [0.25, 0.3) is 0 Å². The van der Waals surface area contributed by atoms with E-state index in [4.69, 9.17) is 4.79 Å². The van der Waals surface area contributed by atoms with Crippen molar-refractivity contribution in [1.82, 2.24) is 4.98 Å². The van der Waals surface area contributed by atoms with Crippen LogP contribution in [0.15, 0.2) is 51.2 Å². The summed E-state index contributed by atoms with van der Waals surface area (Å²) >= 11 is 5.00. The van der Waals surface area contributed by atoms with Gasteiger partial charge in [0.05, 0.1) is 5.69 Å². The van der Waals surface area contributed by atoms with Gasteiger partial charge in [0.1, 0.15) is 11.8 Å². The van der Waals surface area contributed by atoms with Crippen molar-refractivity contribution in [3.63, 3.8) is 0 Å². The molecule has 0 aliphatic rings. The molecule has 0 bridgehead atoms. The number of aromatic nitrogens is 1. The highest BCUT2D eigenvalue weighted by Gasteiger charge is 2.09. The summed E-state index contributed by atoms with van der Waals surface area (Å²) in [5, 5.41) is 1.14. The van der Waals surface area contributed by atoms with Crippen molar-refractivity contribution in [2.24, 2.45) is 4.99 Å². The summed E-state index contributed by atoms with van der Waals surface area (Å²) in [4.78, 5) is 18.8. The van der Waals surface area contributed by atoms with E-state index in [2.05, 4.69) is 63.6 Å². The van der Waals surface area contributed by atoms with E-state index in [0.717, 1.165) is 28.3 Å². The Bertz CT molecular complexity index is 556. The summed E-state index contributed by atoms with van der Waals surface area (Å²) in [6, 6.07) is 4.19. The number of hydrogen-bond acceptors (Lipinski definition) is 5. The Labute approximate surface area is 172 Å². The Morgan fingerprint density at radius 2 is 1.92 bits per heavy atom. The Morgan fingerprint density at radius 3 is 2.35 bits per heavy atom. The van der Waals surface area contributed by atoms with Gasteiger partial charge in [0, 0.05) is 35.7 Å². The zero-order valence-electron chi connectivity index (χ0n) is 16.7. The molecule has 0 aliphatic heterocycles. The van der Waals surface area contributed by atoms with Gasteiger partial charge in [-0.25, -0.2) is 4.98 Å². The van der Waals surface area contributed by atoms with Gasteiger partial charge in [-0.2, -0.15) is 0 Å². The average molecular weight is 442 g/mol. The topological polar surface area (TPSA) is 45.6 Å². The fraction of sp³-hybridized carbons (Fsp3) is 0.450. The summed E-state index contributed by atoms with van der Waals surface area (Å²) in [5.74, 6) is 0. The molecule has 0 N–H and O–H groups in total. The molecule has 0 saturated carbocycles. The highest BCUT2D eigenvalue weighted by atomic mass is 79.9. The molecule has 0 amide bonds. The fourth-order valence-electron chi connectivity index (χ4n) is 1.92. The van der Waals surface area contributed by atoms with Crippen molar-refractivity contribution in [1.29, 1.82) is 0 Å². The van der Waals surface area contributed by atoms with Gasteiger partial charge in [-0.05, 0) is 61.0 Å². The van der Waals surface area contributed by atoms with E-state index in [0.29, 0.717) is 0 Å². The predicted octanol–water partition coefficient (Wildman–Crippen LogP) is 6.13. The largest absolute Gasteiger partial charge is 0.369 e. The molecule has 0 aromatic carbocycles. The molecule has 0 unspecified atom stereocenters. The number of allylic oxidation sites excluding steroid dienone is 3. The second-order valence-electron chi connectivity index (χ2n) is 5.19. The smallest absolute Gasteiger partial charge is 0.119 e. The first kappa shape index (κ1) is 26.8. The number of pyridine rings is 1. The monoisotopic (exact) mass is 441 g/mol. The van der Waals surface area contributed by atoms with E-state index >= 15 is 0 Å². The molecular weight excluding hydrogens is 410 g/mol. The van der Waals surface area contributed by atoms with E-state index in [9.17, 15) is 0 Å². The number of hydrogen-bond donors (Lipinski definition) is 0. The second-order valence-corrected chi connectivity index (χ2v) is 6.90. The molecule has 0 aliphatic carbocycles. The van der Waals surface area contributed by atoms with Gasteiger partial charge in [0.2, 0.25) is 0 Å². The second kappa shape index (κ2) is 18.4. The summed E-state index contributed by atoms with van der Waals surface area (Å²) in [6.45, 7) is 16.1. The quantitative estimate of drug-likeness (QED) is 0.359. The van der Waals surface area contributed by atoms with E-state index in [1.807, 2.05) is 39.0 Å². The van der Waals surface area contributed by atoms with Gasteiger partial charge in [0.15, 0.2) is 0 Å². The maximum absolute atomic E-state index is 8.00. The molecule has 1 aromatic rings. The average Bonchev–Trinajstić information content (AvgIpc) is 2.68. The van der Waals surface area contributed by atoms with Crippen LogP contribution in [0, 0.1) is 0 Å². The Hall–Kier alpha value is -1.40. The molecule has 0 saturated heterocycles. The van der Waals surface area contributed by atoms with Crippen molar-refractivity contribution in [3.05, 3.63) is 41.2 Å². The van der Waals surface area contributed by atoms with Crippen molar-refractivity contribution in [2.75, 3.05) is 24.2 Å². The maximum atomic E-state index is 8.00. The van der Waals surface area contributed by atoms with Crippen molar-refractivity contribution >= 4 is 46.4 Å². The number of halogens is 1. The third-order valence-electron chi connectivity index (χ3n) is 2.96. The standard InChI is InChI=1S/C12H20N2S.C7H10BrN.CH2O/c1-4-9-14(10-5-2)11-7-6-8-13-12(11)15-3;1-4-7(8)5-9-6(2)3;1-2/h6-8H,4-5,9-10H2,1-3H3;4-5H,2H2,1,3H3;1H2/b;7-4+,9-5?;. The lowest BCUT2D eigenvalue weighted by atomic mass is 10.3. The van der Waals surface area contributed by atoms with Crippen molar-refractivity contribution < 1.29 is 4.79 Å². The van der Waals surface area contributed by atoms with Crippen LogP contribution in [0.1, 0.15) is 40.5 Å². The first-order valence-electron chi connectivity index (χ1n) is 8.54. The number of carbonyl (C=O) groups excluding carboxylic acids is 1. The summed E-state index contributed by atoms with van der Waals surface area (Å²) in [5.41, 5.74) is 2.10. The molecule has 1 heterocycles. The Morgan fingerprint density at radius 1 is 1.35 bits per heavy atom. The summed E-state index contributed by atoms with van der Waals surface area (Å²) in [6.07, 6.45) is 9.97. The van der Waals surface area contributed by atoms with E-state index < -0.39 is 0 Å². The first-order valence-corrected chi connectivity index (χ1v) is 10.6. The van der Waals surface area contributed by atoms with Crippen molar-refractivity contribution in [3.8, 4) is 0 Å². The Kier molecular flexibility index (Phi) is 19.0. The minimum atomic E-state index is 0.814. The third-order valence-corrected chi connectivity index (χ3v) is 4.32. The van der Waals surface area contributed by atoms with Gasteiger partial charge in [-0.1, -0.05) is 26.5 Å². The predicted molar refractivity (Wildman–Crippen MR) is 122 cm³/mol. The van der Waals surface area contributed by atoms with Gasteiger partial charge in [-0.15, -0.1) is 11.8 Å². The van der Waals surface area contributed by atoms with Crippen LogP contribution in [-0.4, -0.2) is 37.3 Å². The molecule has 6 heteroatoms. The maximum Gasteiger partial charge on any atom is 0.119 e. The molecule has 1 rings (SSSR count). The highest BCUT2D eigenvalue weighted by Crippen LogP contribution is 2.26. The lowest BCUT2D eigenvalue weighted by Gasteiger charge is -2.25. The summed E-state index contributed by atoms with van der Waals surface area (Å²) < 4.78 is 0.977. The molecular formula is C20H32BrN3OS. The molecule has 1 aromatic heterocycles. The van der Waals surface area contributed by atoms with Gasteiger partial charge >= 0.3 is 0 Å². The molecule has 0 spiro atoms. The molecule has 0 fully saturated rings. The molecule has 0 radical (unpaired) electrons. The first-order chi connectivity index (χ1) is 12.5. The third kappa shape index (κ3) is 12.9. The minimum Gasteiger partial charge on any atom is -0.369 e. The Balaban J connectivity index is 0. The molecule has 0 atom stereocenters. The number of thioether (sulfide) groups is 1. The van der Waals surface area contributed by atoms with Gasteiger partial charge < -0.3 is 9.69 Å². The lowest BCUT2D eigenvalue weighted by Crippen LogP contribution is -2.25. The van der Waals surface area contributed by atoms with E-state index in [1.165, 1.54) is 18.5 Å². The zero-order valence-corrected chi connectivity index (χ0v) is 19.1.